The minimum Gasteiger partial charge on any atom is -0.508 e. The van der Waals surface area contributed by atoms with Gasteiger partial charge in [0.1, 0.15) is 17.3 Å². The van der Waals surface area contributed by atoms with E-state index in [0.29, 0.717) is 24.0 Å². The maximum Gasteiger partial charge on any atom is 0.227 e. The Morgan fingerprint density at radius 1 is 0.744 bits per heavy atom. The highest BCUT2D eigenvalue weighted by Gasteiger charge is 2.42. The highest BCUT2D eigenvalue weighted by atomic mass is 19.1. The highest BCUT2D eigenvalue weighted by Crippen LogP contribution is 2.47. The number of aliphatic hydroxyl groups excluding tert-OH is 1. The Kier molecular flexibility index (Phi) is 7.95. The van der Waals surface area contributed by atoms with E-state index in [1.807, 2.05) is 72.8 Å². The van der Waals surface area contributed by atoms with E-state index in [4.69, 9.17) is 0 Å². The number of phenolic OH excluding ortho intramolecular Hbond substituents is 2. The molecule has 1 saturated heterocycles. The first-order chi connectivity index (χ1) is 20.9. The van der Waals surface area contributed by atoms with Crippen LogP contribution >= 0.6 is 0 Å². The average molecular weight is 574 g/mol. The lowest BCUT2D eigenvalue weighted by atomic mass is 9.86. The van der Waals surface area contributed by atoms with E-state index in [1.54, 1.807) is 41.3 Å². The number of benzene rings is 5. The summed E-state index contributed by atoms with van der Waals surface area (Å²) in [6, 6.07) is 35.4. The number of nitrogens with zero attached hydrogens (tertiary/aromatic N) is 1. The monoisotopic (exact) mass is 573 g/mol. The van der Waals surface area contributed by atoms with Crippen LogP contribution in [0.2, 0.25) is 0 Å². The van der Waals surface area contributed by atoms with Gasteiger partial charge in [-0.25, -0.2) is 4.39 Å². The summed E-state index contributed by atoms with van der Waals surface area (Å²) in [5, 5.41) is 32.1. The molecule has 0 saturated carbocycles. The van der Waals surface area contributed by atoms with Crippen LogP contribution in [-0.2, 0) is 4.79 Å². The van der Waals surface area contributed by atoms with Crippen molar-refractivity contribution in [2.75, 3.05) is 4.90 Å². The lowest BCUT2D eigenvalue weighted by Crippen LogP contribution is -2.29. The predicted molar refractivity (Wildman–Crippen MR) is 166 cm³/mol. The van der Waals surface area contributed by atoms with E-state index in [-0.39, 0.29) is 35.6 Å². The van der Waals surface area contributed by atoms with Gasteiger partial charge in [-0.2, -0.15) is 0 Å². The standard InChI is InChI=1S/C37H32FNO4/c38-30-15-9-26(10-16-30)34(41)20-14-29-23-36(43)39(31-17-11-25(12-18-31)24-5-2-1-3-6-24)37(29)33-19-13-28(22-35(33)42)27-7-4-8-32(40)21-27/h1-13,15-19,21-22,29,34,37,40-42H,14,20,23H2/t29-,34-,37-/m0/s1. The Morgan fingerprint density at radius 2 is 1.40 bits per heavy atom. The summed E-state index contributed by atoms with van der Waals surface area (Å²) < 4.78 is 13.4. The average Bonchev–Trinajstić information content (AvgIpc) is 3.36. The van der Waals surface area contributed by atoms with Crippen LogP contribution in [0.15, 0.2) is 121 Å². The third kappa shape index (κ3) is 6.01. The lowest BCUT2D eigenvalue weighted by Gasteiger charge is -2.30. The summed E-state index contributed by atoms with van der Waals surface area (Å²) in [4.78, 5) is 15.4. The molecule has 0 spiro atoms. The molecule has 1 aliphatic heterocycles. The third-order valence-electron chi connectivity index (χ3n) is 8.28. The third-order valence-corrected chi connectivity index (χ3v) is 8.28. The number of hydrogen-bond acceptors (Lipinski definition) is 4. The molecule has 1 aliphatic rings. The van der Waals surface area contributed by atoms with Gasteiger partial charge in [-0.15, -0.1) is 0 Å². The van der Waals surface area contributed by atoms with E-state index in [2.05, 4.69) is 0 Å². The van der Waals surface area contributed by atoms with Crippen molar-refractivity contribution in [1.29, 1.82) is 0 Å². The van der Waals surface area contributed by atoms with E-state index < -0.39 is 12.1 Å². The molecule has 6 rings (SSSR count). The number of phenols is 2. The van der Waals surface area contributed by atoms with Crippen LogP contribution in [0, 0.1) is 11.7 Å². The highest BCUT2D eigenvalue weighted by molar-refractivity contribution is 5.97. The first-order valence-corrected chi connectivity index (χ1v) is 14.4. The van der Waals surface area contributed by atoms with E-state index >= 15 is 0 Å². The number of hydrogen-bond donors (Lipinski definition) is 3. The molecule has 0 bridgehead atoms. The molecule has 0 aromatic heterocycles. The Bertz CT molecular complexity index is 1720. The van der Waals surface area contributed by atoms with Gasteiger partial charge in [0.2, 0.25) is 5.91 Å². The summed E-state index contributed by atoms with van der Waals surface area (Å²) in [7, 11) is 0. The van der Waals surface area contributed by atoms with E-state index in [9.17, 15) is 24.5 Å². The predicted octanol–water partition coefficient (Wildman–Crippen LogP) is 8.18. The number of aliphatic hydroxyl groups is 1. The van der Waals surface area contributed by atoms with Crippen molar-refractivity contribution in [3.8, 4) is 33.8 Å². The molecule has 5 nitrogen and oxygen atoms in total. The number of halogens is 1. The molecule has 3 N–H and O–H groups in total. The number of carbonyl (C=O) groups excluding carboxylic acids is 1. The summed E-state index contributed by atoms with van der Waals surface area (Å²) >= 11 is 0. The molecule has 0 aliphatic carbocycles. The molecule has 5 aromatic carbocycles. The molecule has 6 heteroatoms. The molecular formula is C37H32FNO4. The van der Waals surface area contributed by atoms with Gasteiger partial charge in [-0.05, 0) is 89.0 Å². The van der Waals surface area contributed by atoms with Crippen LogP contribution in [0.1, 0.15) is 42.5 Å². The van der Waals surface area contributed by atoms with Crippen LogP contribution in [0.4, 0.5) is 10.1 Å². The van der Waals surface area contributed by atoms with Gasteiger partial charge in [0, 0.05) is 17.7 Å². The van der Waals surface area contributed by atoms with Gasteiger partial charge >= 0.3 is 0 Å². The normalized spacial score (nSPS) is 17.3. The van der Waals surface area contributed by atoms with Gasteiger partial charge in [-0.1, -0.05) is 78.9 Å². The molecule has 1 amide bonds. The minimum absolute atomic E-state index is 0.0514. The first-order valence-electron chi connectivity index (χ1n) is 14.4. The second-order valence-corrected chi connectivity index (χ2v) is 11.1. The summed E-state index contributed by atoms with van der Waals surface area (Å²) in [5.74, 6) is -0.428. The summed E-state index contributed by atoms with van der Waals surface area (Å²) in [6.45, 7) is 0. The molecule has 0 unspecified atom stereocenters. The van der Waals surface area contributed by atoms with Crippen molar-refractivity contribution < 1.29 is 24.5 Å². The second kappa shape index (κ2) is 12.1. The van der Waals surface area contributed by atoms with Gasteiger partial charge in [0.15, 0.2) is 0 Å². The number of aromatic hydroxyl groups is 2. The van der Waals surface area contributed by atoms with Crippen molar-refractivity contribution in [2.24, 2.45) is 5.92 Å². The van der Waals surface area contributed by atoms with E-state index in [0.717, 1.165) is 27.9 Å². The SMILES string of the molecule is O=C1C[C@H](CC[C@H](O)c2ccc(F)cc2)[C@@H](c2ccc(-c3cccc(O)c3)cc2O)N1c1ccc(-c2ccccc2)cc1. The first kappa shape index (κ1) is 28.2. The van der Waals surface area contributed by atoms with Gasteiger partial charge < -0.3 is 20.2 Å². The molecule has 5 aromatic rings. The molecule has 43 heavy (non-hydrogen) atoms. The maximum atomic E-state index is 13.6. The molecule has 216 valence electrons. The minimum atomic E-state index is -0.808. The summed E-state index contributed by atoms with van der Waals surface area (Å²) in [5.41, 5.74) is 5.57. The van der Waals surface area contributed by atoms with Gasteiger partial charge in [0.05, 0.1) is 12.1 Å². The van der Waals surface area contributed by atoms with Crippen LogP contribution in [-0.4, -0.2) is 21.2 Å². The molecule has 1 heterocycles. The Morgan fingerprint density at radius 3 is 2.09 bits per heavy atom. The van der Waals surface area contributed by atoms with Crippen molar-refractivity contribution in [3.05, 3.63) is 138 Å². The number of rotatable bonds is 8. The lowest BCUT2D eigenvalue weighted by molar-refractivity contribution is -0.117. The molecule has 1 fully saturated rings. The van der Waals surface area contributed by atoms with Gasteiger partial charge in [-0.3, -0.25) is 4.79 Å². The van der Waals surface area contributed by atoms with Crippen LogP contribution in [0.3, 0.4) is 0 Å². The Labute approximate surface area is 250 Å². The van der Waals surface area contributed by atoms with Crippen LogP contribution < -0.4 is 4.90 Å². The topological polar surface area (TPSA) is 81.0 Å². The number of anilines is 1. The van der Waals surface area contributed by atoms with Crippen LogP contribution in [0.5, 0.6) is 11.5 Å². The Balaban J connectivity index is 1.33. The number of amides is 1. The smallest absolute Gasteiger partial charge is 0.227 e. The second-order valence-electron chi connectivity index (χ2n) is 11.1. The maximum absolute atomic E-state index is 13.6. The zero-order valence-corrected chi connectivity index (χ0v) is 23.5. The summed E-state index contributed by atoms with van der Waals surface area (Å²) in [6.07, 6.45) is 0.344. The zero-order chi connectivity index (χ0) is 29.9. The van der Waals surface area contributed by atoms with Gasteiger partial charge in [0.25, 0.3) is 0 Å². The van der Waals surface area contributed by atoms with E-state index in [1.165, 1.54) is 12.1 Å². The van der Waals surface area contributed by atoms with Crippen molar-refractivity contribution >= 4 is 11.6 Å². The fourth-order valence-corrected chi connectivity index (χ4v) is 6.09. The van der Waals surface area contributed by atoms with Crippen molar-refractivity contribution in [3.63, 3.8) is 0 Å². The number of carbonyl (C=O) groups is 1. The largest absolute Gasteiger partial charge is 0.508 e. The fraction of sp³-hybridized carbons (Fsp3) is 0.162. The molecule has 3 atom stereocenters. The quantitative estimate of drug-likeness (QED) is 0.175. The molecular weight excluding hydrogens is 541 g/mol. The van der Waals surface area contributed by atoms with Crippen molar-refractivity contribution in [1.82, 2.24) is 0 Å². The fourth-order valence-electron chi connectivity index (χ4n) is 6.09. The molecule has 0 radical (unpaired) electrons. The zero-order valence-electron chi connectivity index (χ0n) is 23.5. The van der Waals surface area contributed by atoms with Crippen LogP contribution in [0.25, 0.3) is 22.3 Å². The Hall–Kier alpha value is -4.94. The van der Waals surface area contributed by atoms with Crippen molar-refractivity contribution in [2.45, 2.75) is 31.4 Å².